The molecule has 0 N–H and O–H groups in total. The number of fused-ring (bicyclic) bond motifs is 3. The number of benzene rings is 9. The van der Waals surface area contributed by atoms with Crippen LogP contribution in [0.2, 0.25) is 0 Å². The third-order valence-corrected chi connectivity index (χ3v) is 15.8. The zero-order valence-corrected chi connectivity index (χ0v) is 32.9. The summed E-state index contributed by atoms with van der Waals surface area (Å²) in [6.45, 7) is 0. The minimum Gasteiger partial charge on any atom is -0.310 e. The number of nitrogens with zero attached hydrogens (tertiary/aromatic N) is 1. The highest BCUT2D eigenvalue weighted by atomic mass is 32.3. The van der Waals surface area contributed by atoms with Crippen LogP contribution < -0.4 is 4.90 Å². The lowest BCUT2D eigenvalue weighted by molar-refractivity contribution is 1.22. The molecule has 1 heterocycles. The zero-order valence-electron chi connectivity index (χ0n) is 31.3. The Morgan fingerprint density at radius 2 is 0.684 bits per heavy atom. The van der Waals surface area contributed by atoms with Crippen molar-refractivity contribution in [1.82, 2.24) is 0 Å². The molecule has 10 aromatic rings. The van der Waals surface area contributed by atoms with Crippen LogP contribution in [0.1, 0.15) is 0 Å². The van der Waals surface area contributed by atoms with Crippen LogP contribution in [0.25, 0.3) is 42.4 Å². The molecule has 0 saturated heterocycles. The molecule has 0 bridgehead atoms. The van der Waals surface area contributed by atoms with E-state index >= 15 is 0 Å². The van der Waals surface area contributed by atoms with Gasteiger partial charge >= 0.3 is 0 Å². The van der Waals surface area contributed by atoms with E-state index in [9.17, 15) is 0 Å². The van der Waals surface area contributed by atoms with Crippen LogP contribution in [0.15, 0.2) is 256 Å². The summed E-state index contributed by atoms with van der Waals surface area (Å²) in [6.07, 6.45) is 0. The second kappa shape index (κ2) is 15.1. The van der Waals surface area contributed by atoms with Gasteiger partial charge in [0.25, 0.3) is 0 Å². The summed E-state index contributed by atoms with van der Waals surface area (Å²) in [7, 11) is -1.88. The van der Waals surface area contributed by atoms with Gasteiger partial charge in [0.05, 0.1) is 0 Å². The van der Waals surface area contributed by atoms with Crippen LogP contribution in [0, 0.1) is 0 Å². The second-order valence-corrected chi connectivity index (χ2v) is 18.4. The van der Waals surface area contributed by atoms with E-state index in [1.807, 2.05) is 11.3 Å². The molecule has 0 aliphatic heterocycles. The van der Waals surface area contributed by atoms with Crippen LogP contribution in [0.3, 0.4) is 0 Å². The molecule has 0 atom stereocenters. The quantitative estimate of drug-likeness (QED) is 0.141. The van der Waals surface area contributed by atoms with E-state index in [0.29, 0.717) is 0 Å². The molecule has 0 radical (unpaired) electrons. The molecular formula is C54H39NS2. The maximum atomic E-state index is 2.44. The van der Waals surface area contributed by atoms with Gasteiger partial charge in [-0.25, -0.2) is 0 Å². The fourth-order valence-corrected chi connectivity index (χ4v) is 13.2. The third kappa shape index (κ3) is 6.41. The number of anilines is 3. The normalized spacial score (nSPS) is 11.8. The van der Waals surface area contributed by atoms with Gasteiger partial charge < -0.3 is 4.90 Å². The maximum absolute atomic E-state index is 2.44. The Morgan fingerprint density at radius 3 is 1.25 bits per heavy atom. The van der Waals surface area contributed by atoms with Crippen molar-refractivity contribution >= 4 is 58.6 Å². The lowest BCUT2D eigenvalue weighted by Crippen LogP contribution is -2.11. The minimum atomic E-state index is -1.88. The fraction of sp³-hybridized carbons (Fsp3) is 0. The van der Waals surface area contributed by atoms with E-state index in [4.69, 9.17) is 0 Å². The predicted octanol–water partition coefficient (Wildman–Crippen LogP) is 16.2. The first-order chi connectivity index (χ1) is 28.3. The van der Waals surface area contributed by atoms with Crippen molar-refractivity contribution in [2.45, 2.75) is 19.6 Å². The van der Waals surface area contributed by atoms with Crippen LogP contribution in [0.5, 0.6) is 0 Å². The Kier molecular flexibility index (Phi) is 9.23. The summed E-state index contributed by atoms with van der Waals surface area (Å²) >= 11 is 1.87. The van der Waals surface area contributed by atoms with Crippen molar-refractivity contribution in [3.05, 3.63) is 237 Å². The Morgan fingerprint density at radius 1 is 0.281 bits per heavy atom. The molecule has 272 valence electrons. The highest BCUT2D eigenvalue weighted by Crippen LogP contribution is 2.73. The van der Waals surface area contributed by atoms with Gasteiger partial charge in [0.15, 0.2) is 0 Å². The third-order valence-electron chi connectivity index (χ3n) is 10.8. The molecule has 0 fully saturated rings. The molecule has 0 spiro atoms. The first-order valence-electron chi connectivity index (χ1n) is 19.3. The zero-order chi connectivity index (χ0) is 38.0. The van der Waals surface area contributed by atoms with Crippen LogP contribution in [-0.4, -0.2) is 0 Å². The highest BCUT2D eigenvalue weighted by molar-refractivity contribution is 8.34. The molecule has 0 saturated carbocycles. The topological polar surface area (TPSA) is 3.24 Å². The Labute approximate surface area is 340 Å². The monoisotopic (exact) mass is 765 g/mol. The van der Waals surface area contributed by atoms with Gasteiger partial charge in [-0.05, 0) is 107 Å². The van der Waals surface area contributed by atoms with Crippen LogP contribution in [0.4, 0.5) is 17.1 Å². The number of thiophene rings is 1. The van der Waals surface area contributed by atoms with Gasteiger partial charge in [0, 0.05) is 56.8 Å². The van der Waals surface area contributed by atoms with Gasteiger partial charge in [-0.2, -0.15) is 0 Å². The van der Waals surface area contributed by atoms with Crippen LogP contribution in [-0.2, 0) is 0 Å². The average Bonchev–Trinajstić information content (AvgIpc) is 3.66. The molecule has 0 aliphatic carbocycles. The standard InChI is InChI=1S/C54H39NS2/c1-6-17-40(18-7-1)42-29-32-44(33-30-42)55(46-34-36-52-51-35-31-43(41-19-8-2-9-20-41)37-53(51)56-54(52)39-46)45-21-16-28-50(38-45)57(47-22-10-3-11-23-47,48-24-12-4-13-25-48)49-26-14-5-15-27-49/h1-39H. The SMILES string of the molecule is c1ccc(-c2ccc(N(c3cccc(S(c4ccccc4)(c4ccccc4)c4ccccc4)c3)c3ccc4c(c3)sc3cc(-c5ccccc5)ccc34)cc2)cc1. The van der Waals surface area contributed by atoms with E-state index < -0.39 is 10.0 Å². The minimum absolute atomic E-state index is 1.11. The fourth-order valence-electron chi connectivity index (χ4n) is 8.10. The average molecular weight is 766 g/mol. The number of hydrogen-bond donors (Lipinski definition) is 0. The van der Waals surface area contributed by atoms with Crippen molar-refractivity contribution in [2.75, 3.05) is 4.90 Å². The van der Waals surface area contributed by atoms with Crippen LogP contribution >= 0.6 is 21.4 Å². The molecule has 1 aromatic heterocycles. The summed E-state index contributed by atoms with van der Waals surface area (Å²) < 4.78 is 2.57. The Balaban J connectivity index is 1.17. The van der Waals surface area contributed by atoms with Crippen molar-refractivity contribution in [3.63, 3.8) is 0 Å². The first kappa shape index (κ1) is 34.8. The summed E-state index contributed by atoms with van der Waals surface area (Å²) in [6, 6.07) is 86.7. The van der Waals surface area contributed by atoms with Crippen molar-refractivity contribution in [3.8, 4) is 22.3 Å². The van der Waals surface area contributed by atoms with E-state index in [-0.39, 0.29) is 0 Å². The number of rotatable bonds is 9. The maximum Gasteiger partial charge on any atom is 0.0476 e. The first-order valence-corrected chi connectivity index (χ1v) is 21.8. The molecule has 0 unspecified atom stereocenters. The second-order valence-electron chi connectivity index (χ2n) is 14.2. The van der Waals surface area contributed by atoms with Crippen molar-refractivity contribution in [1.29, 1.82) is 0 Å². The largest absolute Gasteiger partial charge is 0.310 e. The molecule has 1 nitrogen and oxygen atoms in total. The van der Waals surface area contributed by atoms with E-state index in [2.05, 4.69) is 241 Å². The smallest absolute Gasteiger partial charge is 0.0476 e. The Bertz CT molecular complexity index is 2830. The molecule has 0 amide bonds. The van der Waals surface area contributed by atoms with Crippen molar-refractivity contribution < 1.29 is 0 Å². The van der Waals surface area contributed by atoms with Crippen molar-refractivity contribution in [2.24, 2.45) is 0 Å². The van der Waals surface area contributed by atoms with E-state index in [1.165, 1.54) is 62.0 Å². The van der Waals surface area contributed by atoms with Gasteiger partial charge in [-0.3, -0.25) is 0 Å². The molecule has 3 heteroatoms. The lowest BCUT2D eigenvalue weighted by Gasteiger charge is -2.42. The summed E-state index contributed by atoms with van der Waals surface area (Å²) in [5, 5.41) is 2.58. The Hall–Kier alpha value is -6.65. The number of hydrogen-bond acceptors (Lipinski definition) is 2. The van der Waals surface area contributed by atoms with Gasteiger partial charge in [-0.15, -0.1) is 21.4 Å². The van der Waals surface area contributed by atoms with Gasteiger partial charge in [0.2, 0.25) is 0 Å². The lowest BCUT2D eigenvalue weighted by atomic mass is 10.0. The molecule has 0 aliphatic rings. The van der Waals surface area contributed by atoms with E-state index in [1.54, 1.807) is 0 Å². The summed E-state index contributed by atoms with van der Waals surface area (Å²) in [5.74, 6) is 0. The summed E-state index contributed by atoms with van der Waals surface area (Å²) in [5.41, 5.74) is 8.24. The van der Waals surface area contributed by atoms with Gasteiger partial charge in [-0.1, -0.05) is 152 Å². The van der Waals surface area contributed by atoms with E-state index in [0.717, 1.165) is 17.1 Å². The molecule has 57 heavy (non-hydrogen) atoms. The predicted molar refractivity (Wildman–Crippen MR) is 245 cm³/mol. The summed E-state index contributed by atoms with van der Waals surface area (Å²) in [4.78, 5) is 7.63. The molecular weight excluding hydrogens is 727 g/mol. The highest BCUT2D eigenvalue weighted by Gasteiger charge is 2.33. The van der Waals surface area contributed by atoms with Gasteiger partial charge in [0.1, 0.15) is 0 Å². The molecule has 10 rings (SSSR count). The molecule has 9 aromatic carbocycles.